The van der Waals surface area contributed by atoms with Crippen molar-refractivity contribution in [2.24, 2.45) is 10.8 Å². The van der Waals surface area contributed by atoms with Crippen molar-refractivity contribution in [1.29, 1.82) is 0 Å². The molecule has 0 aromatic rings. The van der Waals surface area contributed by atoms with Gasteiger partial charge >= 0.3 is 0 Å². The number of aliphatic hydroxyl groups is 1. The molecule has 0 spiro atoms. The standard InChI is InChI=1S/C10H18O2/c1-9(2,3)8(12)10(4-5-10)6-7-11/h11H,4-7H2,1-3H3. The first-order chi connectivity index (χ1) is 5.42. The SMILES string of the molecule is CC(C)(C)C(=O)C1(CCO)CC1. The molecule has 1 aliphatic rings. The summed E-state index contributed by atoms with van der Waals surface area (Å²) in [6, 6.07) is 0. The molecule has 70 valence electrons. The predicted octanol–water partition coefficient (Wildman–Crippen LogP) is 1.76. The summed E-state index contributed by atoms with van der Waals surface area (Å²) in [6.07, 6.45) is 2.61. The van der Waals surface area contributed by atoms with E-state index < -0.39 is 0 Å². The Labute approximate surface area is 74.0 Å². The van der Waals surface area contributed by atoms with E-state index in [2.05, 4.69) is 0 Å². The van der Waals surface area contributed by atoms with Crippen LogP contribution in [0.5, 0.6) is 0 Å². The average molecular weight is 170 g/mol. The van der Waals surface area contributed by atoms with Crippen LogP contribution in [0.25, 0.3) is 0 Å². The number of carbonyl (C=O) groups excluding carboxylic acids is 1. The molecule has 0 radical (unpaired) electrons. The summed E-state index contributed by atoms with van der Waals surface area (Å²) in [6.45, 7) is 5.99. The molecule has 2 heteroatoms. The minimum absolute atomic E-state index is 0.141. The molecule has 0 bridgehead atoms. The van der Waals surface area contributed by atoms with E-state index in [0.29, 0.717) is 12.2 Å². The van der Waals surface area contributed by atoms with Gasteiger partial charge in [0.1, 0.15) is 5.78 Å². The number of Topliss-reactive ketones (excluding diaryl/α,β-unsaturated/α-hetero) is 1. The minimum atomic E-state index is -0.244. The van der Waals surface area contributed by atoms with Crippen LogP contribution in [0.15, 0.2) is 0 Å². The molecule has 0 aromatic heterocycles. The van der Waals surface area contributed by atoms with Crippen LogP contribution in [0.2, 0.25) is 0 Å². The van der Waals surface area contributed by atoms with Crippen molar-refractivity contribution in [1.82, 2.24) is 0 Å². The van der Waals surface area contributed by atoms with E-state index in [0.717, 1.165) is 12.8 Å². The maximum atomic E-state index is 11.8. The van der Waals surface area contributed by atoms with Crippen molar-refractivity contribution in [2.75, 3.05) is 6.61 Å². The summed E-state index contributed by atoms with van der Waals surface area (Å²) in [5.74, 6) is 0.323. The molecule has 1 rings (SSSR count). The smallest absolute Gasteiger partial charge is 0.144 e. The van der Waals surface area contributed by atoms with Gasteiger partial charge in [-0.15, -0.1) is 0 Å². The van der Waals surface area contributed by atoms with Crippen LogP contribution in [0.4, 0.5) is 0 Å². The molecule has 2 nitrogen and oxygen atoms in total. The molecular weight excluding hydrogens is 152 g/mol. The fourth-order valence-corrected chi connectivity index (χ4v) is 1.75. The molecule has 12 heavy (non-hydrogen) atoms. The summed E-state index contributed by atoms with van der Waals surface area (Å²) in [5, 5.41) is 8.80. The van der Waals surface area contributed by atoms with E-state index in [1.165, 1.54) is 0 Å². The van der Waals surface area contributed by atoms with Gasteiger partial charge in [-0.25, -0.2) is 0 Å². The van der Waals surface area contributed by atoms with Gasteiger partial charge in [0.2, 0.25) is 0 Å². The molecule has 1 fully saturated rings. The molecule has 0 unspecified atom stereocenters. The van der Waals surface area contributed by atoms with Gasteiger partial charge in [-0.2, -0.15) is 0 Å². The van der Waals surface area contributed by atoms with Crippen molar-refractivity contribution in [2.45, 2.75) is 40.0 Å². The number of aliphatic hydroxyl groups excluding tert-OH is 1. The highest BCUT2D eigenvalue weighted by atomic mass is 16.3. The fourth-order valence-electron chi connectivity index (χ4n) is 1.75. The second-order valence-corrected chi connectivity index (χ2v) is 4.83. The highest BCUT2D eigenvalue weighted by Gasteiger charge is 2.51. The second kappa shape index (κ2) is 2.84. The van der Waals surface area contributed by atoms with Crippen molar-refractivity contribution < 1.29 is 9.90 Å². The van der Waals surface area contributed by atoms with Crippen molar-refractivity contribution in [3.05, 3.63) is 0 Å². The third kappa shape index (κ3) is 1.69. The Kier molecular flexibility index (Phi) is 2.30. The zero-order valence-electron chi connectivity index (χ0n) is 8.18. The first kappa shape index (κ1) is 9.72. The first-order valence-electron chi connectivity index (χ1n) is 4.58. The molecule has 1 saturated carbocycles. The lowest BCUT2D eigenvalue weighted by Crippen LogP contribution is -2.30. The lowest BCUT2D eigenvalue weighted by Gasteiger charge is -2.23. The average Bonchev–Trinajstić information content (AvgIpc) is 2.67. The van der Waals surface area contributed by atoms with Crippen LogP contribution in [-0.4, -0.2) is 17.5 Å². The van der Waals surface area contributed by atoms with Gasteiger partial charge in [0.05, 0.1) is 0 Å². The Morgan fingerprint density at radius 2 is 1.92 bits per heavy atom. The Hall–Kier alpha value is -0.370. The number of hydrogen-bond donors (Lipinski definition) is 1. The molecule has 0 saturated heterocycles. The molecule has 0 aromatic carbocycles. The van der Waals surface area contributed by atoms with Crippen LogP contribution >= 0.6 is 0 Å². The van der Waals surface area contributed by atoms with Gasteiger partial charge in [0.15, 0.2) is 0 Å². The van der Waals surface area contributed by atoms with Gasteiger partial charge in [-0.1, -0.05) is 20.8 Å². The third-order valence-electron chi connectivity index (χ3n) is 2.61. The summed E-state index contributed by atoms with van der Waals surface area (Å²) in [4.78, 5) is 11.8. The van der Waals surface area contributed by atoms with Crippen molar-refractivity contribution in [3.63, 3.8) is 0 Å². The molecule has 1 N–H and O–H groups in total. The van der Waals surface area contributed by atoms with E-state index in [4.69, 9.17) is 5.11 Å². The highest BCUT2D eigenvalue weighted by molar-refractivity contribution is 5.91. The van der Waals surface area contributed by atoms with E-state index in [1.807, 2.05) is 20.8 Å². The van der Waals surface area contributed by atoms with E-state index >= 15 is 0 Å². The lowest BCUT2D eigenvalue weighted by molar-refractivity contribution is -0.132. The third-order valence-corrected chi connectivity index (χ3v) is 2.61. The largest absolute Gasteiger partial charge is 0.396 e. The predicted molar refractivity (Wildman–Crippen MR) is 47.8 cm³/mol. The maximum Gasteiger partial charge on any atom is 0.144 e. The van der Waals surface area contributed by atoms with Crippen LogP contribution in [0, 0.1) is 10.8 Å². The maximum absolute atomic E-state index is 11.8. The molecular formula is C10H18O2. The normalized spacial score (nSPS) is 20.7. The van der Waals surface area contributed by atoms with Crippen LogP contribution < -0.4 is 0 Å². The Morgan fingerprint density at radius 3 is 2.17 bits per heavy atom. The minimum Gasteiger partial charge on any atom is -0.396 e. The van der Waals surface area contributed by atoms with Crippen LogP contribution in [0.3, 0.4) is 0 Å². The molecule has 1 aliphatic carbocycles. The topological polar surface area (TPSA) is 37.3 Å². The first-order valence-corrected chi connectivity index (χ1v) is 4.58. The summed E-state index contributed by atoms with van der Waals surface area (Å²) in [5.41, 5.74) is -0.390. The van der Waals surface area contributed by atoms with Gasteiger partial charge in [-0.05, 0) is 19.3 Å². The fraction of sp³-hybridized carbons (Fsp3) is 0.900. The zero-order chi connectivity index (χ0) is 9.41. The quantitative estimate of drug-likeness (QED) is 0.700. The zero-order valence-corrected chi connectivity index (χ0v) is 8.18. The molecule has 0 amide bonds. The van der Waals surface area contributed by atoms with E-state index in [1.54, 1.807) is 0 Å². The summed E-state index contributed by atoms with van der Waals surface area (Å²) < 4.78 is 0. The summed E-state index contributed by atoms with van der Waals surface area (Å²) in [7, 11) is 0. The number of hydrogen-bond acceptors (Lipinski definition) is 2. The van der Waals surface area contributed by atoms with Gasteiger partial charge in [0.25, 0.3) is 0 Å². The Bertz CT molecular complexity index is 185. The molecule has 0 aliphatic heterocycles. The van der Waals surface area contributed by atoms with Gasteiger partial charge in [-0.3, -0.25) is 4.79 Å². The number of ketones is 1. The number of rotatable bonds is 3. The highest BCUT2D eigenvalue weighted by Crippen LogP contribution is 2.52. The number of carbonyl (C=O) groups is 1. The van der Waals surface area contributed by atoms with E-state index in [-0.39, 0.29) is 17.4 Å². The monoisotopic (exact) mass is 170 g/mol. The van der Waals surface area contributed by atoms with Crippen LogP contribution in [-0.2, 0) is 4.79 Å². The van der Waals surface area contributed by atoms with Crippen LogP contribution in [0.1, 0.15) is 40.0 Å². The van der Waals surface area contributed by atoms with Gasteiger partial charge < -0.3 is 5.11 Å². The Balaban J connectivity index is 2.64. The lowest BCUT2D eigenvalue weighted by atomic mass is 9.79. The van der Waals surface area contributed by atoms with Gasteiger partial charge in [0, 0.05) is 17.4 Å². The van der Waals surface area contributed by atoms with Crippen molar-refractivity contribution in [3.8, 4) is 0 Å². The molecule has 0 atom stereocenters. The molecule has 0 heterocycles. The Morgan fingerprint density at radius 1 is 1.42 bits per heavy atom. The van der Waals surface area contributed by atoms with Crippen molar-refractivity contribution >= 4 is 5.78 Å². The summed E-state index contributed by atoms with van der Waals surface area (Å²) >= 11 is 0. The van der Waals surface area contributed by atoms with E-state index in [9.17, 15) is 4.79 Å². The second-order valence-electron chi connectivity index (χ2n) is 4.83.